The number of methoxy groups -OCH3 is 1. The molecule has 1 N–H and O–H groups in total. The van der Waals surface area contributed by atoms with Gasteiger partial charge >= 0.3 is 5.97 Å². The number of hydrogen-bond donors (Lipinski definition) is 1. The number of carbonyl (C=O) groups excluding carboxylic acids is 1. The van der Waals surface area contributed by atoms with Crippen LogP contribution >= 0.6 is 0 Å². The van der Waals surface area contributed by atoms with Crippen molar-refractivity contribution < 1.29 is 9.53 Å². The van der Waals surface area contributed by atoms with Crippen LogP contribution in [0.2, 0.25) is 0 Å². The molecule has 2 atom stereocenters. The fourth-order valence-corrected chi connectivity index (χ4v) is 3.30. The van der Waals surface area contributed by atoms with Crippen LogP contribution in [0.5, 0.6) is 0 Å². The molecule has 1 aliphatic heterocycles. The van der Waals surface area contributed by atoms with Crippen LogP contribution in [0.3, 0.4) is 0 Å². The van der Waals surface area contributed by atoms with Gasteiger partial charge in [0, 0.05) is 23.7 Å². The molecule has 1 aromatic heterocycles. The van der Waals surface area contributed by atoms with Gasteiger partial charge in [-0.25, -0.2) is 0 Å². The Morgan fingerprint density at radius 3 is 3.00 bits per heavy atom. The lowest BCUT2D eigenvalue weighted by molar-refractivity contribution is -0.142. The Kier molecular flexibility index (Phi) is 3.97. The van der Waals surface area contributed by atoms with E-state index in [2.05, 4.69) is 41.2 Å². The SMILES string of the molecule is COC(=O)C[C@H]1CCN(C)[C@H](c2cc3ccccc3[nH]2)C1. The summed E-state index contributed by atoms with van der Waals surface area (Å²) in [4.78, 5) is 17.4. The summed E-state index contributed by atoms with van der Waals surface area (Å²) in [7, 11) is 3.62. The number of para-hydroxylation sites is 1. The quantitative estimate of drug-likeness (QED) is 0.882. The van der Waals surface area contributed by atoms with Crippen molar-refractivity contribution in [2.75, 3.05) is 20.7 Å². The first-order chi connectivity index (χ1) is 10.2. The number of rotatable bonds is 3. The fraction of sp³-hybridized carbons (Fsp3) is 0.471. The van der Waals surface area contributed by atoms with Gasteiger partial charge in [0.25, 0.3) is 0 Å². The Morgan fingerprint density at radius 2 is 2.24 bits per heavy atom. The first kappa shape index (κ1) is 14.1. The zero-order chi connectivity index (χ0) is 14.8. The highest BCUT2D eigenvalue weighted by atomic mass is 16.5. The number of aromatic amines is 1. The van der Waals surface area contributed by atoms with Gasteiger partial charge in [0.15, 0.2) is 0 Å². The molecule has 112 valence electrons. The van der Waals surface area contributed by atoms with E-state index in [-0.39, 0.29) is 5.97 Å². The van der Waals surface area contributed by atoms with Crippen LogP contribution in [0, 0.1) is 5.92 Å². The summed E-state index contributed by atoms with van der Waals surface area (Å²) in [5.41, 5.74) is 2.42. The van der Waals surface area contributed by atoms with Crippen molar-refractivity contribution in [3.05, 3.63) is 36.0 Å². The number of likely N-dealkylation sites (tertiary alicyclic amines) is 1. The highest BCUT2D eigenvalue weighted by Crippen LogP contribution is 2.35. The molecule has 0 spiro atoms. The second kappa shape index (κ2) is 5.90. The molecule has 1 fully saturated rings. The minimum absolute atomic E-state index is 0.0973. The van der Waals surface area contributed by atoms with Crippen molar-refractivity contribution in [2.45, 2.75) is 25.3 Å². The lowest BCUT2D eigenvalue weighted by Gasteiger charge is -2.36. The second-order valence-corrected chi connectivity index (χ2v) is 5.98. The van der Waals surface area contributed by atoms with E-state index in [9.17, 15) is 4.79 Å². The van der Waals surface area contributed by atoms with Crippen molar-refractivity contribution in [1.82, 2.24) is 9.88 Å². The first-order valence-electron chi connectivity index (χ1n) is 7.52. The Hall–Kier alpha value is -1.81. The standard InChI is InChI=1S/C17H22N2O2/c1-19-8-7-12(10-17(20)21-2)9-16(19)15-11-13-5-3-4-6-14(13)18-15/h3-6,11-12,16,18H,7-10H2,1-2H3/t12-,16-/m0/s1. The van der Waals surface area contributed by atoms with Gasteiger partial charge < -0.3 is 9.72 Å². The van der Waals surface area contributed by atoms with Crippen LogP contribution in [0.25, 0.3) is 10.9 Å². The number of H-pyrrole nitrogens is 1. The molecule has 4 nitrogen and oxygen atoms in total. The molecule has 0 radical (unpaired) electrons. The highest BCUT2D eigenvalue weighted by Gasteiger charge is 2.29. The molecule has 2 aromatic rings. The maximum atomic E-state index is 11.5. The van der Waals surface area contributed by atoms with E-state index in [0.29, 0.717) is 18.4 Å². The molecular weight excluding hydrogens is 264 g/mol. The van der Waals surface area contributed by atoms with Crippen molar-refractivity contribution >= 4 is 16.9 Å². The number of fused-ring (bicyclic) bond motifs is 1. The van der Waals surface area contributed by atoms with Crippen LogP contribution < -0.4 is 0 Å². The lowest BCUT2D eigenvalue weighted by atomic mass is 9.87. The number of aromatic nitrogens is 1. The number of ether oxygens (including phenoxy) is 1. The van der Waals surface area contributed by atoms with E-state index < -0.39 is 0 Å². The van der Waals surface area contributed by atoms with Gasteiger partial charge in [-0.1, -0.05) is 18.2 Å². The largest absolute Gasteiger partial charge is 0.469 e. The topological polar surface area (TPSA) is 45.3 Å². The average Bonchev–Trinajstić information content (AvgIpc) is 2.92. The van der Waals surface area contributed by atoms with Crippen LogP contribution in [0.4, 0.5) is 0 Å². The highest BCUT2D eigenvalue weighted by molar-refractivity contribution is 5.80. The first-order valence-corrected chi connectivity index (χ1v) is 7.52. The monoisotopic (exact) mass is 286 g/mol. The Morgan fingerprint density at radius 1 is 1.43 bits per heavy atom. The van der Waals surface area contributed by atoms with Crippen LogP contribution in [-0.2, 0) is 9.53 Å². The second-order valence-electron chi connectivity index (χ2n) is 5.98. The van der Waals surface area contributed by atoms with E-state index in [1.165, 1.54) is 23.7 Å². The van der Waals surface area contributed by atoms with Crippen molar-refractivity contribution in [3.8, 4) is 0 Å². The van der Waals surface area contributed by atoms with Crippen LogP contribution in [-0.4, -0.2) is 36.6 Å². The molecule has 4 heteroatoms. The number of hydrogen-bond acceptors (Lipinski definition) is 3. The molecular formula is C17H22N2O2. The van der Waals surface area contributed by atoms with Gasteiger partial charge in [-0.2, -0.15) is 0 Å². The van der Waals surface area contributed by atoms with Gasteiger partial charge in [0.2, 0.25) is 0 Å². The number of piperidine rings is 1. The fourth-order valence-electron chi connectivity index (χ4n) is 3.30. The molecule has 21 heavy (non-hydrogen) atoms. The molecule has 0 saturated carbocycles. The number of benzene rings is 1. The maximum Gasteiger partial charge on any atom is 0.305 e. The lowest BCUT2D eigenvalue weighted by Crippen LogP contribution is -2.34. The number of nitrogens with zero attached hydrogens (tertiary/aromatic N) is 1. The predicted molar refractivity (Wildman–Crippen MR) is 83.0 cm³/mol. The molecule has 0 unspecified atom stereocenters. The minimum atomic E-state index is -0.0973. The third-order valence-electron chi connectivity index (χ3n) is 4.57. The zero-order valence-electron chi connectivity index (χ0n) is 12.6. The summed E-state index contributed by atoms with van der Waals surface area (Å²) in [6.07, 6.45) is 2.59. The molecule has 0 amide bonds. The molecule has 1 aromatic carbocycles. The van der Waals surface area contributed by atoms with Gasteiger partial charge in [-0.15, -0.1) is 0 Å². The van der Waals surface area contributed by atoms with Crippen LogP contribution in [0.15, 0.2) is 30.3 Å². The Labute approximate surface area is 125 Å². The summed E-state index contributed by atoms with van der Waals surface area (Å²) >= 11 is 0. The molecule has 3 rings (SSSR count). The van der Waals surface area contributed by atoms with Crippen molar-refractivity contribution in [3.63, 3.8) is 0 Å². The normalized spacial score (nSPS) is 23.3. The third kappa shape index (κ3) is 2.95. The summed E-state index contributed by atoms with van der Waals surface area (Å²) in [5.74, 6) is 0.310. The van der Waals surface area contributed by atoms with E-state index in [0.717, 1.165) is 19.4 Å². The maximum absolute atomic E-state index is 11.5. The molecule has 2 heterocycles. The van der Waals surface area contributed by atoms with Crippen LogP contribution in [0.1, 0.15) is 31.0 Å². The summed E-state index contributed by atoms with van der Waals surface area (Å²) in [6.45, 7) is 1.02. The Bertz CT molecular complexity index is 602. The molecule has 0 aliphatic carbocycles. The number of esters is 1. The molecule has 1 saturated heterocycles. The minimum Gasteiger partial charge on any atom is -0.469 e. The van der Waals surface area contributed by atoms with Crippen molar-refractivity contribution in [1.29, 1.82) is 0 Å². The zero-order valence-corrected chi connectivity index (χ0v) is 12.6. The summed E-state index contributed by atoms with van der Waals surface area (Å²) in [5, 5.41) is 1.25. The van der Waals surface area contributed by atoms with Gasteiger partial charge in [-0.3, -0.25) is 9.69 Å². The summed E-state index contributed by atoms with van der Waals surface area (Å²) < 4.78 is 4.81. The van der Waals surface area contributed by atoms with Gasteiger partial charge in [-0.05, 0) is 49.9 Å². The van der Waals surface area contributed by atoms with E-state index in [1.807, 2.05) is 6.07 Å². The molecule has 0 bridgehead atoms. The smallest absolute Gasteiger partial charge is 0.305 e. The summed E-state index contributed by atoms with van der Waals surface area (Å²) in [6, 6.07) is 10.9. The van der Waals surface area contributed by atoms with Crippen molar-refractivity contribution in [2.24, 2.45) is 5.92 Å². The van der Waals surface area contributed by atoms with E-state index in [4.69, 9.17) is 4.74 Å². The van der Waals surface area contributed by atoms with Gasteiger partial charge in [0.1, 0.15) is 0 Å². The average molecular weight is 286 g/mol. The predicted octanol–water partition coefficient (Wildman–Crippen LogP) is 3.11. The van der Waals surface area contributed by atoms with E-state index >= 15 is 0 Å². The third-order valence-corrected chi connectivity index (χ3v) is 4.57. The molecule has 1 aliphatic rings. The van der Waals surface area contributed by atoms with E-state index in [1.54, 1.807) is 0 Å². The number of nitrogens with one attached hydrogen (secondary N) is 1. The Balaban J connectivity index is 1.80. The van der Waals surface area contributed by atoms with Gasteiger partial charge in [0.05, 0.1) is 7.11 Å². The number of carbonyl (C=O) groups is 1.